The molecule has 0 aliphatic carbocycles. The summed E-state index contributed by atoms with van der Waals surface area (Å²) >= 11 is 0. The van der Waals surface area contributed by atoms with E-state index < -0.39 is 11.9 Å². The van der Waals surface area contributed by atoms with Crippen molar-refractivity contribution in [2.75, 3.05) is 0 Å². The molecule has 0 spiro atoms. The Labute approximate surface area is 177 Å². The lowest BCUT2D eigenvalue weighted by molar-refractivity contribution is -0.134. The smallest absolute Gasteiger partial charge is 0.328 e. The molecule has 2 heterocycles. The molecule has 158 valence electrons. The molecule has 4 aromatic rings. The van der Waals surface area contributed by atoms with Crippen LogP contribution >= 0.6 is 0 Å². The summed E-state index contributed by atoms with van der Waals surface area (Å²) in [6.07, 6.45) is 2.71. The zero-order valence-corrected chi connectivity index (χ0v) is 16.6. The fraction of sp³-hybridized carbons (Fsp3) is 0.0909. The normalized spacial score (nSPS) is 10.8. The lowest BCUT2D eigenvalue weighted by atomic mass is 10.1. The minimum absolute atomic E-state index is 0.376. The first-order chi connectivity index (χ1) is 14.9. The quantitative estimate of drug-likeness (QED) is 0.418. The van der Waals surface area contributed by atoms with Gasteiger partial charge in [0, 0.05) is 36.9 Å². The Balaban J connectivity index is 0.000000293. The van der Waals surface area contributed by atoms with E-state index in [9.17, 15) is 9.59 Å². The highest BCUT2D eigenvalue weighted by Gasteiger charge is 2.11. The topological polar surface area (TPSA) is 144 Å². The number of para-hydroxylation sites is 2. The Morgan fingerprint density at radius 2 is 1.61 bits per heavy atom. The molecule has 2 aromatic heterocycles. The third-order valence-corrected chi connectivity index (χ3v) is 4.31. The molecule has 0 saturated heterocycles. The Morgan fingerprint density at radius 3 is 2.16 bits per heavy atom. The van der Waals surface area contributed by atoms with Gasteiger partial charge in [-0.2, -0.15) is 0 Å². The van der Waals surface area contributed by atoms with Crippen molar-refractivity contribution in [2.45, 2.75) is 6.54 Å². The number of fused-ring (bicyclic) bond motifs is 1. The number of oxazole rings is 1. The number of benzene rings is 2. The SMILES string of the molecule is Cn1c(-c2ccc(-c3nc(CN)co3)cc2)nc2ccccc21.O=C(O)C=CC(=O)O. The van der Waals surface area contributed by atoms with Crippen molar-refractivity contribution in [3.63, 3.8) is 0 Å². The maximum Gasteiger partial charge on any atom is 0.328 e. The highest BCUT2D eigenvalue weighted by atomic mass is 16.4. The number of rotatable bonds is 5. The van der Waals surface area contributed by atoms with Crippen LogP contribution in [0.4, 0.5) is 0 Å². The van der Waals surface area contributed by atoms with E-state index in [2.05, 4.69) is 15.6 Å². The molecule has 0 unspecified atom stereocenters. The number of nitrogens with zero attached hydrogens (tertiary/aromatic N) is 3. The van der Waals surface area contributed by atoms with E-state index >= 15 is 0 Å². The molecule has 0 aliphatic heterocycles. The van der Waals surface area contributed by atoms with E-state index in [0.717, 1.165) is 33.7 Å². The summed E-state index contributed by atoms with van der Waals surface area (Å²) in [6.45, 7) is 0.376. The van der Waals surface area contributed by atoms with Crippen LogP contribution in [0, 0.1) is 0 Å². The minimum Gasteiger partial charge on any atom is -0.478 e. The number of carboxylic acids is 2. The van der Waals surface area contributed by atoms with Crippen molar-refractivity contribution < 1.29 is 24.2 Å². The van der Waals surface area contributed by atoms with Crippen molar-refractivity contribution in [1.29, 1.82) is 0 Å². The largest absolute Gasteiger partial charge is 0.478 e. The van der Waals surface area contributed by atoms with Gasteiger partial charge in [0.05, 0.1) is 16.7 Å². The lowest BCUT2D eigenvalue weighted by Gasteiger charge is -2.03. The van der Waals surface area contributed by atoms with Crippen LogP contribution in [0.5, 0.6) is 0 Å². The van der Waals surface area contributed by atoms with Gasteiger partial charge < -0.3 is 24.9 Å². The third-order valence-electron chi connectivity index (χ3n) is 4.31. The second-order valence-electron chi connectivity index (χ2n) is 6.42. The Kier molecular flexibility index (Phi) is 6.58. The first-order valence-corrected chi connectivity index (χ1v) is 9.19. The van der Waals surface area contributed by atoms with Crippen LogP contribution in [0.25, 0.3) is 33.9 Å². The minimum atomic E-state index is -1.26. The molecule has 9 nitrogen and oxygen atoms in total. The number of carbonyl (C=O) groups is 2. The molecule has 4 rings (SSSR count). The zero-order valence-electron chi connectivity index (χ0n) is 16.6. The summed E-state index contributed by atoms with van der Waals surface area (Å²) in [5, 5.41) is 15.6. The van der Waals surface area contributed by atoms with Gasteiger partial charge in [0.1, 0.15) is 12.1 Å². The van der Waals surface area contributed by atoms with E-state index in [1.165, 1.54) is 0 Å². The van der Waals surface area contributed by atoms with Crippen molar-refractivity contribution in [3.05, 3.63) is 72.6 Å². The van der Waals surface area contributed by atoms with E-state index in [1.807, 2.05) is 49.5 Å². The fourth-order valence-corrected chi connectivity index (χ4v) is 2.84. The van der Waals surface area contributed by atoms with Gasteiger partial charge in [-0.25, -0.2) is 19.6 Å². The number of carboxylic acid groups (broad SMARTS) is 2. The number of nitrogens with two attached hydrogens (primary N) is 1. The van der Waals surface area contributed by atoms with Gasteiger partial charge in [-0.1, -0.05) is 24.3 Å². The average molecular weight is 420 g/mol. The highest BCUT2D eigenvalue weighted by Crippen LogP contribution is 2.26. The molecule has 0 bridgehead atoms. The predicted octanol–water partition coefficient (Wildman–Crippen LogP) is 3.07. The number of imidazole rings is 1. The molecule has 0 amide bonds. The maximum atomic E-state index is 9.55. The van der Waals surface area contributed by atoms with Crippen LogP contribution in [0.3, 0.4) is 0 Å². The first-order valence-electron chi connectivity index (χ1n) is 9.19. The fourth-order valence-electron chi connectivity index (χ4n) is 2.84. The Hall–Kier alpha value is -4.24. The van der Waals surface area contributed by atoms with Crippen LogP contribution in [0.15, 0.2) is 71.4 Å². The van der Waals surface area contributed by atoms with E-state index in [4.69, 9.17) is 25.3 Å². The monoisotopic (exact) mass is 420 g/mol. The van der Waals surface area contributed by atoms with Crippen LogP contribution in [-0.4, -0.2) is 36.7 Å². The third kappa shape index (κ3) is 5.22. The summed E-state index contributed by atoms with van der Waals surface area (Å²) in [7, 11) is 2.03. The van der Waals surface area contributed by atoms with Gasteiger partial charge in [-0.3, -0.25) is 0 Å². The second kappa shape index (κ2) is 9.51. The van der Waals surface area contributed by atoms with Crippen LogP contribution in [-0.2, 0) is 23.2 Å². The summed E-state index contributed by atoms with van der Waals surface area (Å²) in [5.74, 6) is -0.991. The first kappa shape index (κ1) is 21.5. The summed E-state index contributed by atoms with van der Waals surface area (Å²) in [5.41, 5.74) is 10.4. The van der Waals surface area contributed by atoms with Gasteiger partial charge in [0.2, 0.25) is 5.89 Å². The molecular formula is C22H20N4O5. The summed E-state index contributed by atoms with van der Waals surface area (Å²) < 4.78 is 7.55. The molecule has 0 fully saturated rings. The molecular weight excluding hydrogens is 400 g/mol. The molecule has 0 radical (unpaired) electrons. The number of aliphatic carboxylic acids is 2. The van der Waals surface area contributed by atoms with Crippen molar-refractivity contribution in [2.24, 2.45) is 12.8 Å². The van der Waals surface area contributed by atoms with Crippen molar-refractivity contribution >= 4 is 23.0 Å². The van der Waals surface area contributed by atoms with E-state index in [-0.39, 0.29) is 0 Å². The van der Waals surface area contributed by atoms with Crippen LogP contribution in [0.2, 0.25) is 0 Å². The number of hydrogen-bond acceptors (Lipinski definition) is 6. The van der Waals surface area contributed by atoms with E-state index in [0.29, 0.717) is 24.6 Å². The molecule has 4 N–H and O–H groups in total. The summed E-state index contributed by atoms with van der Waals surface area (Å²) in [6, 6.07) is 16.2. The van der Waals surface area contributed by atoms with Gasteiger partial charge in [0.25, 0.3) is 0 Å². The number of aromatic nitrogens is 3. The maximum absolute atomic E-state index is 9.55. The summed E-state index contributed by atoms with van der Waals surface area (Å²) in [4.78, 5) is 28.2. The van der Waals surface area contributed by atoms with Gasteiger partial charge in [0.15, 0.2) is 0 Å². The predicted molar refractivity (Wildman–Crippen MR) is 114 cm³/mol. The molecule has 2 aromatic carbocycles. The molecule has 0 aliphatic rings. The molecule has 31 heavy (non-hydrogen) atoms. The van der Waals surface area contributed by atoms with Gasteiger partial charge in [-0.15, -0.1) is 0 Å². The number of hydrogen-bond donors (Lipinski definition) is 3. The number of aryl methyl sites for hydroxylation is 1. The van der Waals surface area contributed by atoms with Crippen LogP contribution in [0.1, 0.15) is 5.69 Å². The van der Waals surface area contributed by atoms with Crippen molar-refractivity contribution in [3.8, 4) is 22.8 Å². The zero-order chi connectivity index (χ0) is 22.4. The highest BCUT2D eigenvalue weighted by molar-refractivity contribution is 5.89. The molecule has 0 saturated carbocycles. The van der Waals surface area contributed by atoms with Crippen LogP contribution < -0.4 is 5.73 Å². The molecule has 0 atom stereocenters. The van der Waals surface area contributed by atoms with Gasteiger partial charge in [-0.05, 0) is 24.3 Å². The average Bonchev–Trinajstić information content (AvgIpc) is 3.38. The second-order valence-corrected chi connectivity index (χ2v) is 6.42. The molecule has 9 heteroatoms. The van der Waals surface area contributed by atoms with Crippen molar-refractivity contribution in [1.82, 2.24) is 14.5 Å². The van der Waals surface area contributed by atoms with E-state index in [1.54, 1.807) is 6.26 Å². The lowest BCUT2D eigenvalue weighted by Crippen LogP contribution is -1.95. The standard InChI is InChI=1S/C18H16N4O.C4H4O4/c1-22-16-5-3-2-4-15(16)21-17(22)12-6-8-13(9-7-12)18-20-14(10-19)11-23-18;5-3(6)1-2-4(7)8/h2-9,11H,10,19H2,1H3;1-2H,(H,5,6)(H,7,8). The Morgan fingerprint density at radius 1 is 1.00 bits per heavy atom. The Bertz CT molecular complexity index is 1220. The van der Waals surface area contributed by atoms with Gasteiger partial charge >= 0.3 is 11.9 Å².